The molecule has 0 spiro atoms. The smallest absolute Gasteiger partial charge is 0.134 e. The highest BCUT2D eigenvalue weighted by Crippen LogP contribution is 2.24. The highest BCUT2D eigenvalue weighted by molar-refractivity contribution is 5.64. The van der Waals surface area contributed by atoms with E-state index in [1.54, 1.807) is 0 Å². The second kappa shape index (κ2) is 3.65. The van der Waals surface area contributed by atoms with Gasteiger partial charge in [-0.2, -0.15) is 0 Å². The Hall–Kier alpha value is -1.97. The molecule has 2 nitrogen and oxygen atoms in total. The van der Waals surface area contributed by atoms with E-state index < -0.39 is 11.6 Å². The Balaban J connectivity index is 2.54. The summed E-state index contributed by atoms with van der Waals surface area (Å²) >= 11 is 0. The van der Waals surface area contributed by atoms with Crippen LogP contribution in [0.3, 0.4) is 0 Å². The van der Waals surface area contributed by atoms with Crippen LogP contribution in [0.2, 0.25) is 0 Å². The SMILES string of the molecule is Oc1cncc(-c2ccc(F)cc2F)c1. The van der Waals surface area contributed by atoms with Crippen LogP contribution in [0.25, 0.3) is 11.1 Å². The van der Waals surface area contributed by atoms with Crippen LogP contribution < -0.4 is 0 Å². The van der Waals surface area contributed by atoms with E-state index in [2.05, 4.69) is 4.98 Å². The monoisotopic (exact) mass is 207 g/mol. The van der Waals surface area contributed by atoms with Crippen molar-refractivity contribution in [2.45, 2.75) is 0 Å². The average molecular weight is 207 g/mol. The van der Waals surface area contributed by atoms with Gasteiger partial charge in [-0.1, -0.05) is 0 Å². The number of hydrogen-bond acceptors (Lipinski definition) is 2. The van der Waals surface area contributed by atoms with E-state index in [9.17, 15) is 8.78 Å². The van der Waals surface area contributed by atoms with Crippen molar-refractivity contribution in [3.05, 3.63) is 48.3 Å². The highest BCUT2D eigenvalue weighted by Gasteiger charge is 2.06. The molecule has 0 radical (unpaired) electrons. The number of nitrogens with zero attached hydrogens (tertiary/aromatic N) is 1. The molecule has 0 bridgehead atoms. The Morgan fingerprint density at radius 3 is 2.53 bits per heavy atom. The first-order valence-electron chi connectivity index (χ1n) is 4.26. The first kappa shape index (κ1) is 9.58. The zero-order valence-corrected chi connectivity index (χ0v) is 7.61. The van der Waals surface area contributed by atoms with Crippen molar-refractivity contribution in [2.24, 2.45) is 0 Å². The summed E-state index contributed by atoms with van der Waals surface area (Å²) in [7, 11) is 0. The fourth-order valence-electron chi connectivity index (χ4n) is 1.30. The maximum absolute atomic E-state index is 13.3. The predicted octanol–water partition coefficient (Wildman–Crippen LogP) is 2.73. The standard InChI is InChI=1S/C11H7F2NO/c12-8-1-2-10(11(13)4-8)7-3-9(15)6-14-5-7/h1-6,15H. The summed E-state index contributed by atoms with van der Waals surface area (Å²) in [6.45, 7) is 0. The molecule has 2 rings (SSSR count). The molecule has 1 N–H and O–H groups in total. The van der Waals surface area contributed by atoms with Crippen molar-refractivity contribution in [3.8, 4) is 16.9 Å². The quantitative estimate of drug-likeness (QED) is 0.779. The summed E-state index contributed by atoms with van der Waals surface area (Å²) in [5.41, 5.74) is 0.618. The van der Waals surface area contributed by atoms with Crippen LogP contribution in [0.4, 0.5) is 8.78 Å². The van der Waals surface area contributed by atoms with E-state index in [1.165, 1.54) is 24.5 Å². The third kappa shape index (κ3) is 1.93. The lowest BCUT2D eigenvalue weighted by molar-refractivity contribution is 0.473. The maximum atomic E-state index is 13.3. The minimum absolute atomic E-state index is 0.0591. The van der Waals surface area contributed by atoms with Gasteiger partial charge in [0.15, 0.2) is 0 Å². The number of aromatic nitrogens is 1. The summed E-state index contributed by atoms with van der Waals surface area (Å²) in [5.74, 6) is -1.37. The third-order valence-electron chi connectivity index (χ3n) is 1.97. The molecular weight excluding hydrogens is 200 g/mol. The molecule has 0 aliphatic carbocycles. The molecule has 15 heavy (non-hydrogen) atoms. The maximum Gasteiger partial charge on any atom is 0.134 e. The van der Waals surface area contributed by atoms with Gasteiger partial charge in [-0.05, 0) is 18.2 Å². The molecule has 76 valence electrons. The van der Waals surface area contributed by atoms with Crippen LogP contribution in [0.15, 0.2) is 36.7 Å². The van der Waals surface area contributed by atoms with Gasteiger partial charge in [-0.25, -0.2) is 8.78 Å². The van der Waals surface area contributed by atoms with E-state index in [4.69, 9.17) is 5.11 Å². The minimum atomic E-state index is -0.678. The Morgan fingerprint density at radius 2 is 1.87 bits per heavy atom. The molecule has 1 aromatic heterocycles. The van der Waals surface area contributed by atoms with Crippen molar-refractivity contribution in [1.29, 1.82) is 0 Å². The van der Waals surface area contributed by atoms with Crippen LogP contribution in [-0.4, -0.2) is 10.1 Å². The number of halogens is 2. The fourth-order valence-corrected chi connectivity index (χ4v) is 1.30. The van der Waals surface area contributed by atoms with E-state index >= 15 is 0 Å². The Bertz CT molecular complexity index is 500. The van der Waals surface area contributed by atoms with E-state index in [1.807, 2.05) is 0 Å². The Morgan fingerprint density at radius 1 is 1.07 bits per heavy atom. The van der Waals surface area contributed by atoms with Gasteiger partial charge in [-0.3, -0.25) is 4.98 Å². The van der Waals surface area contributed by atoms with Gasteiger partial charge in [0.2, 0.25) is 0 Å². The molecule has 0 aliphatic heterocycles. The van der Waals surface area contributed by atoms with Crippen molar-refractivity contribution < 1.29 is 13.9 Å². The van der Waals surface area contributed by atoms with Gasteiger partial charge in [0, 0.05) is 23.4 Å². The molecule has 1 aromatic carbocycles. The van der Waals surface area contributed by atoms with E-state index in [0.717, 1.165) is 12.1 Å². The fraction of sp³-hybridized carbons (Fsp3) is 0. The molecule has 4 heteroatoms. The summed E-state index contributed by atoms with van der Waals surface area (Å²) in [4.78, 5) is 3.71. The molecular formula is C11H7F2NO. The van der Waals surface area contributed by atoms with Crippen molar-refractivity contribution in [1.82, 2.24) is 4.98 Å². The second-order valence-electron chi connectivity index (χ2n) is 3.06. The lowest BCUT2D eigenvalue weighted by atomic mass is 10.1. The van der Waals surface area contributed by atoms with Crippen molar-refractivity contribution >= 4 is 0 Å². The molecule has 0 unspecified atom stereocenters. The molecule has 2 aromatic rings. The first-order chi connectivity index (χ1) is 7.16. The average Bonchev–Trinajstić information content (AvgIpc) is 2.17. The molecule has 0 aliphatic rings. The normalized spacial score (nSPS) is 10.3. The van der Waals surface area contributed by atoms with Gasteiger partial charge in [0.1, 0.15) is 17.4 Å². The van der Waals surface area contributed by atoms with Gasteiger partial charge >= 0.3 is 0 Å². The Kier molecular flexibility index (Phi) is 2.33. The minimum Gasteiger partial charge on any atom is -0.506 e. The topological polar surface area (TPSA) is 33.1 Å². The van der Waals surface area contributed by atoms with Crippen LogP contribution in [0.5, 0.6) is 5.75 Å². The lowest BCUT2D eigenvalue weighted by Gasteiger charge is -2.03. The number of pyridine rings is 1. The molecule has 1 heterocycles. The molecule has 0 fully saturated rings. The lowest BCUT2D eigenvalue weighted by Crippen LogP contribution is -1.86. The van der Waals surface area contributed by atoms with Gasteiger partial charge in [-0.15, -0.1) is 0 Å². The molecule has 0 saturated heterocycles. The first-order valence-corrected chi connectivity index (χ1v) is 4.26. The van der Waals surface area contributed by atoms with Crippen LogP contribution in [0, 0.1) is 11.6 Å². The van der Waals surface area contributed by atoms with Gasteiger partial charge < -0.3 is 5.11 Å². The highest BCUT2D eigenvalue weighted by atomic mass is 19.1. The largest absolute Gasteiger partial charge is 0.506 e. The third-order valence-corrected chi connectivity index (χ3v) is 1.97. The molecule has 0 amide bonds. The summed E-state index contributed by atoms with van der Waals surface area (Å²) < 4.78 is 26.0. The number of benzene rings is 1. The van der Waals surface area contributed by atoms with Crippen molar-refractivity contribution in [2.75, 3.05) is 0 Å². The summed E-state index contributed by atoms with van der Waals surface area (Å²) in [6, 6.07) is 4.62. The number of hydrogen-bond donors (Lipinski definition) is 1. The molecule has 0 saturated carbocycles. The van der Waals surface area contributed by atoms with E-state index in [-0.39, 0.29) is 11.3 Å². The zero-order chi connectivity index (χ0) is 10.8. The summed E-state index contributed by atoms with van der Waals surface area (Å²) in [6.07, 6.45) is 2.64. The number of aromatic hydroxyl groups is 1. The second-order valence-corrected chi connectivity index (χ2v) is 3.06. The Labute approximate surface area is 84.8 Å². The van der Waals surface area contributed by atoms with Gasteiger partial charge in [0.05, 0.1) is 6.20 Å². The summed E-state index contributed by atoms with van der Waals surface area (Å²) in [5, 5.41) is 9.16. The zero-order valence-electron chi connectivity index (χ0n) is 7.61. The van der Waals surface area contributed by atoms with Crippen LogP contribution in [-0.2, 0) is 0 Å². The van der Waals surface area contributed by atoms with Crippen LogP contribution in [0.1, 0.15) is 0 Å². The van der Waals surface area contributed by atoms with E-state index in [0.29, 0.717) is 5.56 Å². The van der Waals surface area contributed by atoms with Crippen LogP contribution >= 0.6 is 0 Å². The van der Waals surface area contributed by atoms with Gasteiger partial charge in [0.25, 0.3) is 0 Å². The molecule has 0 atom stereocenters. The number of rotatable bonds is 1. The predicted molar refractivity (Wildman–Crippen MR) is 51.3 cm³/mol. The van der Waals surface area contributed by atoms with Crippen molar-refractivity contribution in [3.63, 3.8) is 0 Å².